The number of carbonyl (C=O) groups is 3. The van der Waals surface area contributed by atoms with Crippen LogP contribution in [0.5, 0.6) is 5.75 Å². The lowest BCUT2D eigenvalue weighted by atomic mass is 10.1. The summed E-state index contributed by atoms with van der Waals surface area (Å²) in [5, 5.41) is 16.6. The third-order valence-corrected chi connectivity index (χ3v) is 8.67. The van der Waals surface area contributed by atoms with Crippen LogP contribution in [0.1, 0.15) is 117 Å². The van der Waals surface area contributed by atoms with Crippen molar-refractivity contribution in [1.82, 2.24) is 9.78 Å². The van der Waals surface area contributed by atoms with E-state index in [-0.39, 0.29) is 5.69 Å². The Morgan fingerprint density at radius 3 is 2.20 bits per heavy atom. The molecule has 248 valence electrons. The average Bonchev–Trinajstić information content (AvgIpc) is 3.64. The van der Waals surface area contributed by atoms with E-state index in [1.54, 1.807) is 11.8 Å². The van der Waals surface area contributed by atoms with Crippen LogP contribution in [0.4, 0.5) is 11.4 Å². The van der Waals surface area contributed by atoms with E-state index < -0.39 is 23.8 Å². The quantitative estimate of drug-likeness (QED) is 0.102. The van der Waals surface area contributed by atoms with Crippen molar-refractivity contribution in [2.75, 3.05) is 23.4 Å². The van der Waals surface area contributed by atoms with Crippen molar-refractivity contribution in [3.8, 4) is 5.75 Å². The minimum atomic E-state index is -1.41. The first-order valence-corrected chi connectivity index (χ1v) is 17.0. The zero-order valence-electron chi connectivity index (χ0n) is 27.7. The van der Waals surface area contributed by atoms with Gasteiger partial charge in [0.2, 0.25) is 6.04 Å². The number of hydrogen-bond donors (Lipinski definition) is 2. The highest BCUT2D eigenvalue weighted by Gasteiger charge is 2.38. The molecule has 2 amide bonds. The summed E-state index contributed by atoms with van der Waals surface area (Å²) in [6.07, 6.45) is 15.8. The number of carbonyl (C=O) groups excluding carboxylic acids is 2. The van der Waals surface area contributed by atoms with Crippen molar-refractivity contribution < 1.29 is 24.2 Å². The smallest absolute Gasteiger partial charge is 0.356 e. The van der Waals surface area contributed by atoms with Crippen LogP contribution in [-0.4, -0.2) is 45.8 Å². The summed E-state index contributed by atoms with van der Waals surface area (Å²) < 4.78 is 7.34. The number of aryl methyl sites for hydroxylation is 2. The van der Waals surface area contributed by atoms with Crippen molar-refractivity contribution >= 4 is 29.2 Å². The normalized spacial score (nSPS) is 13.0. The number of anilines is 2. The fourth-order valence-corrected chi connectivity index (χ4v) is 6.09. The van der Waals surface area contributed by atoms with Crippen molar-refractivity contribution in [1.29, 1.82) is 0 Å². The number of hydrogen-bond acceptors (Lipinski definition) is 5. The summed E-state index contributed by atoms with van der Waals surface area (Å²) in [6.45, 7) is 6.76. The maximum Gasteiger partial charge on any atom is 0.356 e. The molecule has 0 fully saturated rings. The molecule has 3 aromatic rings. The van der Waals surface area contributed by atoms with Crippen LogP contribution in [-0.2, 0) is 16.0 Å². The summed E-state index contributed by atoms with van der Waals surface area (Å²) in [6, 6.07) is 13.1. The van der Waals surface area contributed by atoms with Gasteiger partial charge in [0.15, 0.2) is 5.69 Å². The number of carboxylic acid groups (broad SMARTS) is 1. The molecule has 1 atom stereocenters. The lowest BCUT2D eigenvalue weighted by Gasteiger charge is -2.25. The molecule has 1 aliphatic rings. The highest BCUT2D eigenvalue weighted by molar-refractivity contribution is 6.14. The molecule has 0 saturated carbocycles. The van der Waals surface area contributed by atoms with Crippen LogP contribution in [0, 0.1) is 13.8 Å². The highest BCUT2D eigenvalue weighted by Crippen LogP contribution is 2.32. The van der Waals surface area contributed by atoms with Gasteiger partial charge in [-0.3, -0.25) is 9.59 Å². The molecule has 4 rings (SSSR count). The Bertz CT molecular complexity index is 1470. The number of ether oxygens (including phenoxy) is 1. The van der Waals surface area contributed by atoms with Gasteiger partial charge in [-0.25, -0.2) is 9.48 Å². The van der Waals surface area contributed by atoms with E-state index in [0.717, 1.165) is 29.7 Å². The molecule has 46 heavy (non-hydrogen) atoms. The lowest BCUT2D eigenvalue weighted by molar-refractivity contribution is -0.130. The maximum absolute atomic E-state index is 14.1. The Balaban J connectivity index is 1.38. The summed E-state index contributed by atoms with van der Waals surface area (Å²) in [5.74, 6) is -1.79. The third-order valence-electron chi connectivity index (χ3n) is 8.67. The lowest BCUT2D eigenvalue weighted by Crippen LogP contribution is -2.43. The van der Waals surface area contributed by atoms with Gasteiger partial charge in [0.05, 0.1) is 12.3 Å². The van der Waals surface area contributed by atoms with E-state index in [2.05, 4.69) is 17.3 Å². The van der Waals surface area contributed by atoms with E-state index in [4.69, 9.17) is 4.74 Å². The van der Waals surface area contributed by atoms with Crippen LogP contribution >= 0.6 is 0 Å². The molecular weight excluding hydrogens is 580 g/mol. The third kappa shape index (κ3) is 9.44. The molecule has 1 aliphatic heterocycles. The van der Waals surface area contributed by atoms with E-state index in [9.17, 15) is 19.5 Å². The fraction of sp³-hybridized carbons (Fsp3) is 0.514. The Morgan fingerprint density at radius 2 is 1.54 bits per heavy atom. The summed E-state index contributed by atoms with van der Waals surface area (Å²) in [5.41, 5.74) is 3.32. The van der Waals surface area contributed by atoms with Gasteiger partial charge in [-0.2, -0.15) is 5.10 Å². The molecule has 0 spiro atoms. The maximum atomic E-state index is 14.1. The Kier molecular flexibility index (Phi) is 13.2. The van der Waals surface area contributed by atoms with Crippen LogP contribution in [0.3, 0.4) is 0 Å². The Morgan fingerprint density at radius 1 is 0.891 bits per heavy atom. The summed E-state index contributed by atoms with van der Waals surface area (Å²) >= 11 is 0. The SMILES string of the molecule is CCCCCCCCCCCCCCOc1ccc(C)cc1NC(=O)C(C(=O)N1CCc2ccccc21)n1nc(C(=O)O)cc1C. The molecule has 0 aliphatic carbocycles. The van der Waals surface area contributed by atoms with Gasteiger partial charge in [0, 0.05) is 17.9 Å². The number of amides is 2. The number of rotatable bonds is 19. The van der Waals surface area contributed by atoms with Gasteiger partial charge in [-0.05, 0) is 62.1 Å². The largest absolute Gasteiger partial charge is 0.491 e. The predicted molar refractivity (Wildman–Crippen MR) is 182 cm³/mol. The first-order chi connectivity index (χ1) is 22.3. The minimum absolute atomic E-state index is 0.230. The van der Waals surface area contributed by atoms with E-state index in [0.29, 0.717) is 36.7 Å². The second kappa shape index (κ2) is 17.5. The molecular formula is C37H50N4O5. The second-order valence-corrected chi connectivity index (χ2v) is 12.4. The van der Waals surface area contributed by atoms with Crippen LogP contribution in [0.25, 0.3) is 0 Å². The number of carboxylic acids is 1. The van der Waals surface area contributed by atoms with Gasteiger partial charge in [-0.15, -0.1) is 0 Å². The molecule has 0 saturated heterocycles. The van der Waals surface area contributed by atoms with Crippen molar-refractivity contribution in [3.05, 3.63) is 71.0 Å². The molecule has 9 nitrogen and oxygen atoms in total. The first-order valence-electron chi connectivity index (χ1n) is 17.0. The molecule has 2 N–H and O–H groups in total. The molecule has 2 heterocycles. The van der Waals surface area contributed by atoms with E-state index in [1.165, 1.54) is 75.0 Å². The van der Waals surface area contributed by atoms with Crippen molar-refractivity contribution in [2.45, 2.75) is 110 Å². The standard InChI is InChI=1S/C37H50N4O5/c1-4-5-6-7-8-9-10-11-12-13-14-17-24-46-33-21-20-27(2)25-30(33)38-35(42)34(41-28(3)26-31(39-41)37(44)45)36(43)40-23-22-29-18-15-16-19-32(29)40/h15-16,18-21,25-26,34H,4-14,17,22-24H2,1-3H3,(H,38,42)(H,44,45). The monoisotopic (exact) mass is 630 g/mol. The Labute approximate surface area is 273 Å². The zero-order chi connectivity index (χ0) is 32.9. The van der Waals surface area contributed by atoms with Gasteiger partial charge in [0.25, 0.3) is 11.8 Å². The average molecular weight is 631 g/mol. The number of unbranched alkanes of at least 4 members (excludes halogenated alkanes) is 11. The number of fused-ring (bicyclic) bond motifs is 1. The number of nitrogens with zero attached hydrogens (tertiary/aromatic N) is 3. The number of benzene rings is 2. The molecule has 2 aromatic carbocycles. The van der Waals surface area contributed by atoms with Crippen molar-refractivity contribution in [3.63, 3.8) is 0 Å². The van der Waals surface area contributed by atoms with Crippen LogP contribution < -0.4 is 15.0 Å². The number of para-hydroxylation sites is 1. The summed E-state index contributed by atoms with van der Waals surface area (Å²) in [7, 11) is 0. The molecule has 1 unspecified atom stereocenters. The fourth-order valence-electron chi connectivity index (χ4n) is 6.09. The van der Waals surface area contributed by atoms with Gasteiger partial charge < -0.3 is 20.1 Å². The molecule has 9 heteroatoms. The first kappa shape index (κ1) is 34.7. The van der Waals surface area contributed by atoms with Gasteiger partial charge in [0.1, 0.15) is 5.75 Å². The number of nitrogens with one attached hydrogen (secondary N) is 1. The Hall–Kier alpha value is -4.14. The van der Waals surface area contributed by atoms with Crippen LogP contribution in [0.15, 0.2) is 48.5 Å². The molecule has 0 bridgehead atoms. The minimum Gasteiger partial charge on any atom is -0.491 e. The van der Waals surface area contributed by atoms with Crippen LogP contribution in [0.2, 0.25) is 0 Å². The van der Waals surface area contributed by atoms with Crippen molar-refractivity contribution in [2.24, 2.45) is 0 Å². The number of aromatic nitrogens is 2. The van der Waals surface area contributed by atoms with E-state index >= 15 is 0 Å². The highest BCUT2D eigenvalue weighted by atomic mass is 16.5. The van der Waals surface area contributed by atoms with Gasteiger partial charge >= 0.3 is 5.97 Å². The molecule has 1 aromatic heterocycles. The predicted octanol–water partition coefficient (Wildman–Crippen LogP) is 8.05. The van der Waals surface area contributed by atoms with E-state index in [1.807, 2.05) is 49.4 Å². The van der Waals surface area contributed by atoms with Gasteiger partial charge in [-0.1, -0.05) is 102 Å². The topological polar surface area (TPSA) is 114 Å². The zero-order valence-corrected chi connectivity index (χ0v) is 27.7. The second-order valence-electron chi connectivity index (χ2n) is 12.4. The number of aromatic carboxylic acids is 1. The summed E-state index contributed by atoms with van der Waals surface area (Å²) in [4.78, 5) is 41.3. The molecule has 0 radical (unpaired) electrons.